The number of fused-ring (bicyclic) bond motifs is 2. The molecule has 0 saturated carbocycles. The second-order valence-corrected chi connectivity index (χ2v) is 10.9. The molecule has 9 nitrogen and oxygen atoms in total. The Balaban J connectivity index is 1.57. The van der Waals surface area contributed by atoms with Crippen molar-refractivity contribution >= 4 is 53.5 Å². The first-order chi connectivity index (χ1) is 15.7. The van der Waals surface area contributed by atoms with Gasteiger partial charge in [0, 0.05) is 12.3 Å². The van der Waals surface area contributed by atoms with Crippen LogP contribution in [-0.4, -0.2) is 40.3 Å². The summed E-state index contributed by atoms with van der Waals surface area (Å²) in [7, 11) is -3.34. The fraction of sp³-hybridized carbons (Fsp3) is 0.182. The third-order valence-electron chi connectivity index (χ3n) is 5.08. The van der Waals surface area contributed by atoms with E-state index in [0.717, 1.165) is 6.26 Å². The van der Waals surface area contributed by atoms with Crippen LogP contribution in [0.5, 0.6) is 0 Å². The molecule has 4 heterocycles. The van der Waals surface area contributed by atoms with Crippen molar-refractivity contribution in [3.8, 4) is 11.5 Å². The zero-order chi connectivity index (χ0) is 23.3. The highest BCUT2D eigenvalue weighted by atomic mass is 32.2. The second kappa shape index (κ2) is 7.78. The first kappa shape index (κ1) is 21.3. The Bertz CT molecular complexity index is 1620. The van der Waals surface area contributed by atoms with Crippen LogP contribution in [0.1, 0.15) is 30.2 Å². The fourth-order valence-electron chi connectivity index (χ4n) is 3.49. The number of pyridine rings is 1. The van der Waals surface area contributed by atoms with Gasteiger partial charge in [0.25, 0.3) is 5.91 Å². The lowest BCUT2D eigenvalue weighted by Gasteiger charge is -2.09. The number of carbonyl (C=O) groups is 1. The monoisotopic (exact) mass is 481 g/mol. The van der Waals surface area contributed by atoms with Crippen molar-refractivity contribution in [3.05, 3.63) is 54.4 Å². The van der Waals surface area contributed by atoms with Gasteiger partial charge < -0.3 is 4.42 Å². The molecule has 4 aromatic heterocycles. The van der Waals surface area contributed by atoms with Gasteiger partial charge in [-0.1, -0.05) is 11.3 Å². The van der Waals surface area contributed by atoms with Crippen LogP contribution in [0.15, 0.2) is 58.2 Å². The molecule has 5 aromatic rings. The zero-order valence-electron chi connectivity index (χ0n) is 17.9. The Morgan fingerprint density at radius 2 is 2.00 bits per heavy atom. The van der Waals surface area contributed by atoms with Crippen molar-refractivity contribution < 1.29 is 17.6 Å². The SMILES string of the molecule is CC(C)n1ncc2c(C(=O)Nc3nc4ccc(S(C)(=O)=O)cc4s3)cc(-c3ccco3)nc21. The van der Waals surface area contributed by atoms with Gasteiger partial charge in [-0.3, -0.25) is 10.1 Å². The van der Waals surface area contributed by atoms with Gasteiger partial charge in [-0.15, -0.1) is 0 Å². The van der Waals surface area contributed by atoms with E-state index in [1.807, 2.05) is 13.8 Å². The summed E-state index contributed by atoms with van der Waals surface area (Å²) in [5, 5.41) is 8.21. The Labute approximate surface area is 193 Å². The lowest BCUT2D eigenvalue weighted by atomic mass is 10.1. The number of carbonyl (C=O) groups excluding carboxylic acids is 1. The van der Waals surface area contributed by atoms with Crippen molar-refractivity contribution in [2.75, 3.05) is 11.6 Å². The first-order valence-electron chi connectivity index (χ1n) is 10.0. The van der Waals surface area contributed by atoms with E-state index in [1.165, 1.54) is 17.4 Å². The zero-order valence-corrected chi connectivity index (χ0v) is 19.6. The Hall–Kier alpha value is -3.57. The summed E-state index contributed by atoms with van der Waals surface area (Å²) in [6.07, 6.45) is 4.33. The number of amides is 1. The van der Waals surface area contributed by atoms with Crippen LogP contribution >= 0.6 is 11.3 Å². The summed E-state index contributed by atoms with van der Waals surface area (Å²) >= 11 is 1.21. The molecule has 1 aromatic carbocycles. The predicted molar refractivity (Wildman–Crippen MR) is 126 cm³/mol. The number of aromatic nitrogens is 4. The summed E-state index contributed by atoms with van der Waals surface area (Å²) in [5.74, 6) is 0.164. The largest absolute Gasteiger partial charge is 0.463 e. The molecule has 1 N–H and O–H groups in total. The van der Waals surface area contributed by atoms with E-state index >= 15 is 0 Å². The summed E-state index contributed by atoms with van der Waals surface area (Å²) < 4.78 is 31.6. The van der Waals surface area contributed by atoms with Crippen LogP contribution in [0.3, 0.4) is 0 Å². The van der Waals surface area contributed by atoms with E-state index in [4.69, 9.17) is 4.42 Å². The normalized spacial score (nSPS) is 12.1. The number of hydrogen-bond acceptors (Lipinski definition) is 8. The number of nitrogens with zero attached hydrogens (tertiary/aromatic N) is 4. The van der Waals surface area contributed by atoms with Gasteiger partial charge in [0.2, 0.25) is 0 Å². The maximum absolute atomic E-state index is 13.3. The van der Waals surface area contributed by atoms with Gasteiger partial charge in [-0.05, 0) is 50.2 Å². The first-order valence-corrected chi connectivity index (χ1v) is 12.8. The highest BCUT2D eigenvalue weighted by molar-refractivity contribution is 7.90. The van der Waals surface area contributed by atoms with Crippen molar-refractivity contribution in [1.82, 2.24) is 19.7 Å². The van der Waals surface area contributed by atoms with Crippen molar-refractivity contribution in [2.24, 2.45) is 0 Å². The molecule has 0 fully saturated rings. The molecule has 0 spiro atoms. The van der Waals surface area contributed by atoms with Crippen LogP contribution in [0, 0.1) is 0 Å². The van der Waals surface area contributed by atoms with Crippen LogP contribution in [0.25, 0.3) is 32.7 Å². The molecule has 0 radical (unpaired) electrons. The molecule has 0 atom stereocenters. The molecule has 168 valence electrons. The molecule has 0 saturated heterocycles. The number of hydrogen-bond donors (Lipinski definition) is 1. The smallest absolute Gasteiger partial charge is 0.258 e. The van der Waals surface area contributed by atoms with E-state index in [-0.39, 0.29) is 16.8 Å². The van der Waals surface area contributed by atoms with Crippen LogP contribution < -0.4 is 5.32 Å². The molecular formula is C22H19N5O4S2. The summed E-state index contributed by atoms with van der Waals surface area (Å²) in [5.41, 5.74) is 2.08. The summed E-state index contributed by atoms with van der Waals surface area (Å²) in [4.78, 5) is 22.6. The van der Waals surface area contributed by atoms with Crippen LogP contribution in [0.4, 0.5) is 5.13 Å². The average molecular weight is 482 g/mol. The molecule has 0 aliphatic carbocycles. The van der Waals surface area contributed by atoms with E-state index in [9.17, 15) is 13.2 Å². The van der Waals surface area contributed by atoms with Gasteiger partial charge in [-0.2, -0.15) is 5.10 Å². The second-order valence-electron chi connectivity index (χ2n) is 7.83. The minimum absolute atomic E-state index is 0.0473. The number of rotatable bonds is 5. The van der Waals surface area contributed by atoms with Gasteiger partial charge in [0.1, 0.15) is 5.69 Å². The topological polar surface area (TPSA) is 120 Å². The fourth-order valence-corrected chi connectivity index (χ4v) is 5.11. The van der Waals surface area contributed by atoms with Gasteiger partial charge in [0.05, 0.1) is 38.5 Å². The lowest BCUT2D eigenvalue weighted by Crippen LogP contribution is -2.13. The standard InChI is InChI=1S/C22H19N5O4S2/c1-12(2)27-20-15(11-23-27)14(10-17(24-20)18-5-4-8-31-18)21(28)26-22-25-16-7-6-13(33(3,29)30)9-19(16)32-22/h4-12H,1-3H3,(H,25,26,28). The molecule has 0 unspecified atom stereocenters. The Morgan fingerprint density at radius 3 is 2.70 bits per heavy atom. The highest BCUT2D eigenvalue weighted by Gasteiger charge is 2.20. The Kier molecular flexibility index (Phi) is 5.02. The van der Waals surface area contributed by atoms with Crippen LogP contribution in [0.2, 0.25) is 0 Å². The number of benzene rings is 1. The molecule has 33 heavy (non-hydrogen) atoms. The minimum Gasteiger partial charge on any atom is -0.463 e. The third kappa shape index (κ3) is 3.89. The van der Waals surface area contributed by atoms with E-state index in [1.54, 1.807) is 47.5 Å². The van der Waals surface area contributed by atoms with Gasteiger partial charge in [-0.25, -0.2) is 23.1 Å². The van der Waals surface area contributed by atoms with Crippen molar-refractivity contribution in [2.45, 2.75) is 24.8 Å². The quantitative estimate of drug-likeness (QED) is 0.391. The average Bonchev–Trinajstić information content (AvgIpc) is 3.50. The number of nitrogens with one attached hydrogen (secondary N) is 1. The van der Waals surface area contributed by atoms with E-state index in [2.05, 4.69) is 20.4 Å². The minimum atomic E-state index is -3.34. The van der Waals surface area contributed by atoms with E-state index < -0.39 is 9.84 Å². The molecular weight excluding hydrogens is 462 g/mol. The summed E-state index contributed by atoms with van der Waals surface area (Å²) in [6.45, 7) is 3.97. The van der Waals surface area contributed by atoms with Crippen LogP contribution in [-0.2, 0) is 9.84 Å². The van der Waals surface area contributed by atoms with E-state index in [0.29, 0.717) is 43.4 Å². The van der Waals surface area contributed by atoms with Crippen molar-refractivity contribution in [3.63, 3.8) is 0 Å². The summed E-state index contributed by atoms with van der Waals surface area (Å²) in [6, 6.07) is 9.94. The Morgan fingerprint density at radius 1 is 1.18 bits per heavy atom. The third-order valence-corrected chi connectivity index (χ3v) is 7.13. The molecule has 0 aliphatic heterocycles. The maximum atomic E-state index is 13.3. The molecule has 0 bridgehead atoms. The molecule has 5 rings (SSSR count). The van der Waals surface area contributed by atoms with Crippen molar-refractivity contribution in [1.29, 1.82) is 0 Å². The molecule has 1 amide bonds. The van der Waals surface area contributed by atoms with Gasteiger partial charge in [0.15, 0.2) is 26.4 Å². The lowest BCUT2D eigenvalue weighted by molar-refractivity contribution is 0.102. The molecule has 11 heteroatoms. The molecule has 0 aliphatic rings. The number of anilines is 1. The maximum Gasteiger partial charge on any atom is 0.258 e. The number of sulfone groups is 1. The highest BCUT2D eigenvalue weighted by Crippen LogP contribution is 2.30. The number of furan rings is 1. The predicted octanol–water partition coefficient (Wildman–Crippen LogP) is 4.54. The van der Waals surface area contributed by atoms with Gasteiger partial charge >= 0.3 is 0 Å². The number of thiazole rings is 1.